The predicted octanol–water partition coefficient (Wildman–Crippen LogP) is 4.61. The maximum atomic E-state index is 12.1. The summed E-state index contributed by atoms with van der Waals surface area (Å²) in [5.41, 5.74) is 2.79. The molecule has 2 heterocycles. The molecule has 130 valence electrons. The summed E-state index contributed by atoms with van der Waals surface area (Å²) in [6, 6.07) is 17.9. The lowest BCUT2D eigenvalue weighted by Gasteiger charge is -2.10. The summed E-state index contributed by atoms with van der Waals surface area (Å²) in [4.78, 5) is 12.1. The van der Waals surface area contributed by atoms with Gasteiger partial charge in [-0.25, -0.2) is 4.68 Å². The fraction of sp³-hybridized carbons (Fsp3) is 0.143. The van der Waals surface area contributed by atoms with E-state index in [9.17, 15) is 9.90 Å². The molecule has 0 spiro atoms. The second-order valence-electron chi connectivity index (χ2n) is 6.45. The van der Waals surface area contributed by atoms with Gasteiger partial charge >= 0.3 is 0 Å². The molecule has 0 saturated carbocycles. The van der Waals surface area contributed by atoms with Gasteiger partial charge in [0.2, 0.25) is 0 Å². The van der Waals surface area contributed by atoms with E-state index in [2.05, 4.69) is 5.10 Å². The summed E-state index contributed by atoms with van der Waals surface area (Å²) in [6.45, 7) is 3.84. The summed E-state index contributed by atoms with van der Waals surface area (Å²) < 4.78 is 7.53. The van der Waals surface area contributed by atoms with E-state index in [0.29, 0.717) is 17.0 Å². The lowest BCUT2D eigenvalue weighted by Crippen LogP contribution is -2.23. The molecule has 2 aromatic carbocycles. The van der Waals surface area contributed by atoms with E-state index in [1.807, 2.05) is 50.2 Å². The second-order valence-corrected chi connectivity index (χ2v) is 6.45. The van der Waals surface area contributed by atoms with Gasteiger partial charge in [0.1, 0.15) is 17.1 Å². The van der Waals surface area contributed by atoms with E-state index in [-0.39, 0.29) is 17.4 Å². The molecule has 4 rings (SSSR count). The molecule has 4 aromatic rings. The summed E-state index contributed by atoms with van der Waals surface area (Å²) >= 11 is 0. The lowest BCUT2D eigenvalue weighted by molar-refractivity contribution is 0.474. The van der Waals surface area contributed by atoms with Crippen molar-refractivity contribution in [3.63, 3.8) is 0 Å². The first-order valence-electron chi connectivity index (χ1n) is 8.46. The Kier molecular flexibility index (Phi) is 3.84. The van der Waals surface area contributed by atoms with Gasteiger partial charge in [0.25, 0.3) is 5.56 Å². The van der Waals surface area contributed by atoms with Crippen molar-refractivity contribution < 1.29 is 9.52 Å². The standard InChI is InChI=1S/C21H18N2O3/c1-13(2)23-19(25)11-10-17(22-23)20-16-9-8-15(24)12-18(16)26-21(20)14-6-4-3-5-7-14/h3-13,24H,1-2H3. The SMILES string of the molecule is CC(C)n1nc(-c2c(-c3ccccc3)oc3cc(O)ccc23)ccc1=O. The molecule has 5 heteroatoms. The molecule has 0 aliphatic rings. The van der Waals surface area contributed by atoms with E-state index in [4.69, 9.17) is 4.42 Å². The third-order valence-electron chi connectivity index (χ3n) is 4.28. The number of phenolic OH excluding ortho intramolecular Hbond substituents is 1. The average molecular weight is 346 g/mol. The van der Waals surface area contributed by atoms with Crippen LogP contribution in [0, 0.1) is 0 Å². The van der Waals surface area contributed by atoms with Crippen LogP contribution in [-0.2, 0) is 0 Å². The molecule has 1 N–H and O–H groups in total. The topological polar surface area (TPSA) is 68.3 Å². The number of hydrogen-bond acceptors (Lipinski definition) is 4. The predicted molar refractivity (Wildman–Crippen MR) is 101 cm³/mol. The molecule has 0 amide bonds. The number of benzene rings is 2. The Labute approximate surface area is 150 Å². The van der Waals surface area contributed by atoms with Crippen molar-refractivity contribution in [1.29, 1.82) is 0 Å². The third kappa shape index (κ3) is 2.67. The van der Waals surface area contributed by atoms with Gasteiger partial charge in [0.15, 0.2) is 0 Å². The van der Waals surface area contributed by atoms with Crippen LogP contribution in [0.15, 0.2) is 69.9 Å². The maximum absolute atomic E-state index is 12.1. The van der Waals surface area contributed by atoms with Crippen LogP contribution in [0.25, 0.3) is 33.6 Å². The number of aromatic nitrogens is 2. The van der Waals surface area contributed by atoms with Gasteiger partial charge in [-0.2, -0.15) is 5.10 Å². The van der Waals surface area contributed by atoms with Gasteiger partial charge < -0.3 is 9.52 Å². The van der Waals surface area contributed by atoms with Crippen molar-refractivity contribution in [2.24, 2.45) is 0 Å². The minimum atomic E-state index is -0.143. The first-order chi connectivity index (χ1) is 12.5. The van der Waals surface area contributed by atoms with Crippen LogP contribution in [0.5, 0.6) is 5.75 Å². The van der Waals surface area contributed by atoms with E-state index in [1.54, 1.807) is 18.2 Å². The van der Waals surface area contributed by atoms with Gasteiger partial charge in [-0.1, -0.05) is 30.3 Å². The zero-order valence-corrected chi connectivity index (χ0v) is 14.5. The maximum Gasteiger partial charge on any atom is 0.267 e. The minimum Gasteiger partial charge on any atom is -0.508 e. The van der Waals surface area contributed by atoms with Gasteiger partial charge in [-0.05, 0) is 32.0 Å². The average Bonchev–Trinajstić information content (AvgIpc) is 3.01. The quantitative estimate of drug-likeness (QED) is 0.588. The Morgan fingerprint density at radius 1 is 1.04 bits per heavy atom. The zero-order valence-electron chi connectivity index (χ0n) is 14.5. The fourth-order valence-corrected chi connectivity index (χ4v) is 3.06. The lowest BCUT2D eigenvalue weighted by atomic mass is 10.0. The number of fused-ring (bicyclic) bond motifs is 1. The summed E-state index contributed by atoms with van der Waals surface area (Å²) in [5, 5.41) is 15.2. The molecule has 0 saturated heterocycles. The number of nitrogens with zero attached hydrogens (tertiary/aromatic N) is 2. The molecule has 26 heavy (non-hydrogen) atoms. The van der Waals surface area contributed by atoms with E-state index in [1.165, 1.54) is 10.7 Å². The van der Waals surface area contributed by atoms with Gasteiger partial charge in [0.05, 0.1) is 17.3 Å². The normalized spacial score (nSPS) is 11.3. The van der Waals surface area contributed by atoms with E-state index >= 15 is 0 Å². The number of aromatic hydroxyl groups is 1. The Morgan fingerprint density at radius 2 is 1.81 bits per heavy atom. The second kappa shape index (κ2) is 6.19. The van der Waals surface area contributed by atoms with Gasteiger partial charge in [-0.15, -0.1) is 0 Å². The van der Waals surface area contributed by atoms with Gasteiger partial charge in [-0.3, -0.25) is 4.79 Å². The molecule has 5 nitrogen and oxygen atoms in total. The summed E-state index contributed by atoms with van der Waals surface area (Å²) in [7, 11) is 0. The highest BCUT2D eigenvalue weighted by molar-refractivity contribution is 6.01. The molecule has 0 fully saturated rings. The molecule has 0 atom stereocenters. The monoisotopic (exact) mass is 346 g/mol. The summed E-state index contributed by atoms with van der Waals surface area (Å²) in [5.74, 6) is 0.796. The number of hydrogen-bond donors (Lipinski definition) is 1. The smallest absolute Gasteiger partial charge is 0.267 e. The van der Waals surface area contributed by atoms with E-state index in [0.717, 1.165) is 16.5 Å². The van der Waals surface area contributed by atoms with Crippen LogP contribution >= 0.6 is 0 Å². The van der Waals surface area contributed by atoms with Crippen LogP contribution in [0.4, 0.5) is 0 Å². The Hall–Kier alpha value is -3.34. The molecule has 2 aromatic heterocycles. The highest BCUT2D eigenvalue weighted by atomic mass is 16.3. The van der Waals surface area contributed by atoms with Crippen LogP contribution in [-0.4, -0.2) is 14.9 Å². The third-order valence-corrected chi connectivity index (χ3v) is 4.28. The van der Waals surface area contributed by atoms with Crippen molar-refractivity contribution in [2.45, 2.75) is 19.9 Å². The highest BCUT2D eigenvalue weighted by Crippen LogP contribution is 2.40. The van der Waals surface area contributed by atoms with Crippen LogP contribution < -0.4 is 5.56 Å². The van der Waals surface area contributed by atoms with Crippen molar-refractivity contribution in [3.8, 4) is 28.3 Å². The van der Waals surface area contributed by atoms with Gasteiger partial charge in [0, 0.05) is 23.1 Å². The van der Waals surface area contributed by atoms with Crippen molar-refractivity contribution in [1.82, 2.24) is 9.78 Å². The molecule has 0 bridgehead atoms. The molecule has 0 aliphatic carbocycles. The molecule has 0 unspecified atom stereocenters. The minimum absolute atomic E-state index is 0.0511. The van der Waals surface area contributed by atoms with Crippen LogP contribution in [0.2, 0.25) is 0 Å². The number of rotatable bonds is 3. The summed E-state index contributed by atoms with van der Waals surface area (Å²) in [6.07, 6.45) is 0. The molecular formula is C21H18N2O3. The Balaban J connectivity index is 2.05. The van der Waals surface area contributed by atoms with E-state index < -0.39 is 0 Å². The number of furan rings is 1. The zero-order chi connectivity index (χ0) is 18.3. The Bertz CT molecular complexity index is 1140. The largest absolute Gasteiger partial charge is 0.508 e. The van der Waals surface area contributed by atoms with Crippen LogP contribution in [0.3, 0.4) is 0 Å². The van der Waals surface area contributed by atoms with Crippen molar-refractivity contribution in [2.75, 3.05) is 0 Å². The number of phenols is 1. The fourth-order valence-electron chi connectivity index (χ4n) is 3.06. The Morgan fingerprint density at radius 3 is 2.54 bits per heavy atom. The van der Waals surface area contributed by atoms with Crippen LogP contribution in [0.1, 0.15) is 19.9 Å². The molecule has 0 radical (unpaired) electrons. The van der Waals surface area contributed by atoms with Crippen molar-refractivity contribution in [3.05, 3.63) is 71.0 Å². The molecular weight excluding hydrogens is 328 g/mol. The van der Waals surface area contributed by atoms with Crippen molar-refractivity contribution >= 4 is 11.0 Å². The highest BCUT2D eigenvalue weighted by Gasteiger charge is 2.20. The first kappa shape index (κ1) is 16.1. The molecule has 0 aliphatic heterocycles. The first-order valence-corrected chi connectivity index (χ1v) is 8.46.